The Balaban J connectivity index is 2.25. The van der Waals surface area contributed by atoms with E-state index in [1.165, 1.54) is 5.56 Å². The van der Waals surface area contributed by atoms with Crippen LogP contribution in [0, 0.1) is 6.92 Å². The fraction of sp³-hybridized carbons (Fsp3) is 0.308. The molecule has 1 unspecified atom stereocenters. The van der Waals surface area contributed by atoms with Gasteiger partial charge in [0.2, 0.25) is 0 Å². The van der Waals surface area contributed by atoms with Crippen molar-refractivity contribution in [3.63, 3.8) is 0 Å². The third kappa shape index (κ3) is 2.47. The zero-order valence-corrected chi connectivity index (χ0v) is 9.63. The third-order valence-electron chi connectivity index (χ3n) is 2.85. The topological polar surface area (TPSA) is 62.5 Å². The Kier molecular flexibility index (Phi) is 3.15. The summed E-state index contributed by atoms with van der Waals surface area (Å²) < 4.78 is 1.88. The molecule has 2 rings (SSSR count). The summed E-state index contributed by atoms with van der Waals surface area (Å²) in [6.07, 6.45) is 0.789. The van der Waals surface area contributed by atoms with Gasteiger partial charge in [-0.05, 0) is 24.6 Å². The van der Waals surface area contributed by atoms with E-state index in [1.807, 2.05) is 42.0 Å². The SMILES string of the molecule is Cc1cccc2c1ccn2CC(O)CC(=O)O. The lowest BCUT2D eigenvalue weighted by atomic mass is 10.1. The van der Waals surface area contributed by atoms with Crippen molar-refractivity contribution in [2.75, 3.05) is 0 Å². The molecule has 1 atom stereocenters. The van der Waals surface area contributed by atoms with E-state index in [2.05, 4.69) is 0 Å². The summed E-state index contributed by atoms with van der Waals surface area (Å²) in [5.74, 6) is -0.981. The number of benzene rings is 1. The molecule has 0 aliphatic heterocycles. The summed E-state index contributed by atoms with van der Waals surface area (Å²) in [6, 6.07) is 7.94. The van der Waals surface area contributed by atoms with Gasteiger partial charge in [0.1, 0.15) is 0 Å². The highest BCUT2D eigenvalue weighted by atomic mass is 16.4. The number of fused-ring (bicyclic) bond motifs is 1. The molecular formula is C13H15NO3. The maximum Gasteiger partial charge on any atom is 0.306 e. The Morgan fingerprint density at radius 2 is 2.18 bits per heavy atom. The largest absolute Gasteiger partial charge is 0.481 e. The van der Waals surface area contributed by atoms with Gasteiger partial charge in [0.25, 0.3) is 0 Å². The van der Waals surface area contributed by atoms with Crippen LogP contribution in [0.25, 0.3) is 10.9 Å². The molecule has 0 bridgehead atoms. The molecule has 0 amide bonds. The Morgan fingerprint density at radius 1 is 1.41 bits per heavy atom. The number of aliphatic hydroxyl groups excluding tert-OH is 1. The smallest absolute Gasteiger partial charge is 0.306 e. The number of carboxylic acids is 1. The first-order chi connectivity index (χ1) is 8.08. The lowest BCUT2D eigenvalue weighted by Gasteiger charge is -2.10. The van der Waals surface area contributed by atoms with Crippen LogP contribution in [0.2, 0.25) is 0 Å². The number of aryl methyl sites for hydroxylation is 1. The predicted molar refractivity (Wildman–Crippen MR) is 64.9 cm³/mol. The predicted octanol–water partition coefficient (Wildman–Crippen LogP) is 1.79. The molecule has 2 N–H and O–H groups in total. The van der Waals surface area contributed by atoms with Gasteiger partial charge in [-0.15, -0.1) is 0 Å². The first-order valence-electron chi connectivity index (χ1n) is 5.52. The van der Waals surface area contributed by atoms with Gasteiger partial charge in [0.05, 0.1) is 12.5 Å². The molecule has 1 heterocycles. The molecule has 1 aromatic carbocycles. The minimum atomic E-state index is -0.981. The Labute approximate surface area is 99.1 Å². The van der Waals surface area contributed by atoms with Crippen LogP contribution in [0.3, 0.4) is 0 Å². The van der Waals surface area contributed by atoms with Crippen molar-refractivity contribution >= 4 is 16.9 Å². The van der Waals surface area contributed by atoms with Crippen molar-refractivity contribution in [2.45, 2.75) is 26.0 Å². The van der Waals surface area contributed by atoms with E-state index < -0.39 is 12.1 Å². The summed E-state index contributed by atoms with van der Waals surface area (Å²) in [6.45, 7) is 2.33. The normalized spacial score (nSPS) is 12.8. The van der Waals surface area contributed by atoms with E-state index in [9.17, 15) is 9.90 Å². The molecule has 0 saturated carbocycles. The van der Waals surface area contributed by atoms with E-state index in [-0.39, 0.29) is 6.42 Å². The van der Waals surface area contributed by atoms with Crippen LogP contribution >= 0.6 is 0 Å². The van der Waals surface area contributed by atoms with E-state index in [0.717, 1.165) is 10.9 Å². The first kappa shape index (κ1) is 11.7. The summed E-state index contributed by atoms with van der Waals surface area (Å²) >= 11 is 0. The fourth-order valence-corrected chi connectivity index (χ4v) is 2.03. The molecule has 0 aliphatic carbocycles. The average molecular weight is 233 g/mol. The fourth-order valence-electron chi connectivity index (χ4n) is 2.03. The number of carboxylic acid groups (broad SMARTS) is 1. The molecule has 1 aromatic heterocycles. The highest BCUT2D eigenvalue weighted by Gasteiger charge is 2.11. The van der Waals surface area contributed by atoms with Crippen molar-refractivity contribution in [1.82, 2.24) is 4.57 Å². The number of nitrogens with zero attached hydrogens (tertiary/aromatic N) is 1. The summed E-state index contributed by atoms with van der Waals surface area (Å²) in [7, 11) is 0. The average Bonchev–Trinajstić information content (AvgIpc) is 2.62. The molecule has 0 fully saturated rings. The van der Waals surface area contributed by atoms with Gasteiger partial charge in [0.15, 0.2) is 0 Å². The monoisotopic (exact) mass is 233 g/mol. The van der Waals surface area contributed by atoms with Crippen molar-refractivity contribution in [1.29, 1.82) is 0 Å². The van der Waals surface area contributed by atoms with Crippen molar-refractivity contribution in [2.24, 2.45) is 0 Å². The molecular weight excluding hydrogens is 218 g/mol. The quantitative estimate of drug-likeness (QED) is 0.846. The van der Waals surface area contributed by atoms with E-state index in [4.69, 9.17) is 5.11 Å². The zero-order valence-electron chi connectivity index (χ0n) is 9.63. The van der Waals surface area contributed by atoms with E-state index in [1.54, 1.807) is 0 Å². The van der Waals surface area contributed by atoms with Gasteiger partial charge in [0, 0.05) is 23.6 Å². The minimum absolute atomic E-state index is 0.231. The highest BCUT2D eigenvalue weighted by Crippen LogP contribution is 2.19. The van der Waals surface area contributed by atoms with Gasteiger partial charge in [-0.25, -0.2) is 0 Å². The van der Waals surface area contributed by atoms with Gasteiger partial charge in [-0.1, -0.05) is 12.1 Å². The first-order valence-corrected chi connectivity index (χ1v) is 5.52. The van der Waals surface area contributed by atoms with Crippen LogP contribution < -0.4 is 0 Å². The molecule has 0 radical (unpaired) electrons. The van der Waals surface area contributed by atoms with Gasteiger partial charge in [-0.2, -0.15) is 0 Å². The number of aromatic nitrogens is 1. The lowest BCUT2D eigenvalue weighted by molar-refractivity contribution is -0.139. The van der Waals surface area contributed by atoms with Crippen molar-refractivity contribution in [3.05, 3.63) is 36.0 Å². The second-order valence-corrected chi connectivity index (χ2v) is 4.23. The molecule has 17 heavy (non-hydrogen) atoms. The van der Waals surface area contributed by atoms with Gasteiger partial charge >= 0.3 is 5.97 Å². The van der Waals surface area contributed by atoms with E-state index >= 15 is 0 Å². The summed E-state index contributed by atoms with van der Waals surface area (Å²) in [5, 5.41) is 19.4. The number of aliphatic hydroxyl groups is 1. The summed E-state index contributed by atoms with van der Waals surface area (Å²) in [4.78, 5) is 10.5. The molecule has 4 nitrogen and oxygen atoms in total. The second kappa shape index (κ2) is 4.59. The number of rotatable bonds is 4. The van der Waals surface area contributed by atoms with Crippen molar-refractivity contribution < 1.29 is 15.0 Å². The van der Waals surface area contributed by atoms with Crippen LogP contribution in [-0.4, -0.2) is 26.9 Å². The van der Waals surface area contributed by atoms with Crippen LogP contribution in [-0.2, 0) is 11.3 Å². The molecule has 0 spiro atoms. The van der Waals surface area contributed by atoms with Crippen LogP contribution in [0.5, 0.6) is 0 Å². The number of aliphatic carboxylic acids is 1. The van der Waals surface area contributed by atoms with Crippen LogP contribution in [0.4, 0.5) is 0 Å². The third-order valence-corrected chi connectivity index (χ3v) is 2.85. The van der Waals surface area contributed by atoms with Gasteiger partial charge in [-0.3, -0.25) is 4.79 Å². The van der Waals surface area contributed by atoms with E-state index in [0.29, 0.717) is 6.54 Å². The summed E-state index contributed by atoms with van der Waals surface area (Å²) in [5.41, 5.74) is 2.20. The Hall–Kier alpha value is -1.81. The molecule has 90 valence electrons. The Bertz CT molecular complexity index is 545. The number of hydrogen-bond acceptors (Lipinski definition) is 2. The highest BCUT2D eigenvalue weighted by molar-refractivity contribution is 5.83. The lowest BCUT2D eigenvalue weighted by Crippen LogP contribution is -2.19. The number of hydrogen-bond donors (Lipinski definition) is 2. The molecule has 0 aliphatic rings. The standard InChI is InChI=1S/C13H15NO3/c1-9-3-2-4-12-11(9)5-6-14(12)8-10(15)7-13(16)17/h2-6,10,15H,7-8H2,1H3,(H,16,17). The molecule has 4 heteroatoms. The Morgan fingerprint density at radius 3 is 2.88 bits per heavy atom. The van der Waals surface area contributed by atoms with Crippen LogP contribution in [0.15, 0.2) is 30.5 Å². The maximum absolute atomic E-state index is 10.5. The minimum Gasteiger partial charge on any atom is -0.481 e. The maximum atomic E-state index is 10.5. The second-order valence-electron chi connectivity index (χ2n) is 4.23. The zero-order chi connectivity index (χ0) is 12.4. The molecule has 0 saturated heterocycles. The van der Waals surface area contributed by atoms with Gasteiger partial charge < -0.3 is 14.8 Å². The molecule has 2 aromatic rings. The van der Waals surface area contributed by atoms with Crippen molar-refractivity contribution in [3.8, 4) is 0 Å². The van der Waals surface area contributed by atoms with Crippen LogP contribution in [0.1, 0.15) is 12.0 Å². The number of carbonyl (C=O) groups is 1.